The summed E-state index contributed by atoms with van der Waals surface area (Å²) in [6.45, 7) is 18.1. The summed E-state index contributed by atoms with van der Waals surface area (Å²) in [5.41, 5.74) is 0. The fourth-order valence-electron chi connectivity index (χ4n) is 2.37. The van der Waals surface area contributed by atoms with E-state index in [2.05, 4.69) is 41.5 Å². The fraction of sp³-hybridized carbons (Fsp3) is 1.00. The summed E-state index contributed by atoms with van der Waals surface area (Å²) in [5.74, 6) is -12.3. The summed E-state index contributed by atoms with van der Waals surface area (Å²) in [6.07, 6.45) is -3.02. The molecule has 0 heterocycles. The molecule has 4 nitrogen and oxygen atoms in total. The first kappa shape index (κ1) is 34.4. The van der Waals surface area contributed by atoms with Gasteiger partial charge in [-0.15, -0.1) is 0 Å². The van der Waals surface area contributed by atoms with Gasteiger partial charge in [0.15, 0.2) is 10.1 Å². The van der Waals surface area contributed by atoms with E-state index in [1.807, 2.05) is 4.90 Å². The molecule has 0 bridgehead atoms. The summed E-state index contributed by atoms with van der Waals surface area (Å²) in [6, 6.07) is 0. The molecule has 0 fully saturated rings. The molecule has 0 unspecified atom stereocenters. The van der Waals surface area contributed by atoms with Crippen LogP contribution in [0, 0.1) is 17.8 Å². The van der Waals surface area contributed by atoms with Crippen LogP contribution in [0.5, 0.6) is 0 Å². The lowest BCUT2D eigenvalue weighted by molar-refractivity contribution is -0.901. The number of hydrogen-bond acceptors (Lipinski definition) is 3. The average Bonchev–Trinajstić information content (AvgIpc) is 2.58. The van der Waals surface area contributed by atoms with E-state index in [1.165, 1.54) is 38.9 Å². The Hall–Kier alpha value is -0.760. The molecule has 0 aliphatic heterocycles. The molecule has 1 N–H and O–H groups in total. The number of rotatable bonds is 12. The van der Waals surface area contributed by atoms with Gasteiger partial charge in [0.1, 0.15) is 0 Å². The molecule has 0 saturated carbocycles. The molecule has 0 spiro atoms. The number of nitrogens with one attached hydrogen (secondary N) is 1. The van der Waals surface area contributed by atoms with E-state index in [9.17, 15) is 52.5 Å². The molecule has 0 amide bonds. The highest BCUT2D eigenvalue weighted by atomic mass is 32.2. The van der Waals surface area contributed by atoms with Crippen molar-refractivity contribution in [1.29, 1.82) is 0 Å². The molecule has 202 valence electrons. The Balaban J connectivity index is 0. The third-order valence-corrected chi connectivity index (χ3v) is 5.54. The second-order valence-corrected chi connectivity index (χ2v) is 10.6. The second-order valence-electron chi connectivity index (χ2n) is 9.17. The molecule has 0 saturated heterocycles. The molecule has 0 atom stereocenters. The van der Waals surface area contributed by atoms with Crippen molar-refractivity contribution in [2.75, 3.05) is 19.6 Å². The summed E-state index contributed by atoms with van der Waals surface area (Å²) in [7, 11) is -7.42. The van der Waals surface area contributed by atoms with Gasteiger partial charge in [0.05, 0.1) is 19.6 Å². The Morgan fingerprint density at radius 2 is 0.909 bits per heavy atom. The van der Waals surface area contributed by atoms with Crippen LogP contribution >= 0.6 is 0 Å². The van der Waals surface area contributed by atoms with Crippen molar-refractivity contribution in [1.82, 2.24) is 0 Å². The molecule has 0 aliphatic carbocycles. The standard InChI is InChI=1S/C15H33N.C4HF9O3S/c1-13(2)7-10-16(11-8-14(3)4)12-9-15(5)6;5-1(6,3(9,10)11)2(7,8)4(12,13)17(14,15)16/h13-15H,7-12H2,1-6H3;(H,14,15,16). The molecule has 0 aliphatic rings. The minimum absolute atomic E-state index is 0.855. The average molecular weight is 528 g/mol. The van der Waals surface area contributed by atoms with Crippen LogP contribution in [0.4, 0.5) is 39.5 Å². The van der Waals surface area contributed by atoms with Gasteiger partial charge in [0.2, 0.25) is 0 Å². The van der Waals surface area contributed by atoms with Crippen molar-refractivity contribution in [3.8, 4) is 0 Å². The first-order valence-corrected chi connectivity index (χ1v) is 11.8. The number of hydrogen-bond donors (Lipinski definition) is 1. The topological polar surface area (TPSA) is 61.6 Å². The maximum Gasteiger partial charge on any atom is 0.460 e. The van der Waals surface area contributed by atoms with E-state index < -0.39 is 33.4 Å². The molecule has 0 aromatic carbocycles. The fourth-order valence-corrected chi connectivity index (χ4v) is 2.81. The molecule has 0 radical (unpaired) electrons. The maximum absolute atomic E-state index is 12.2. The van der Waals surface area contributed by atoms with Gasteiger partial charge in [-0.25, -0.2) is 8.42 Å². The van der Waals surface area contributed by atoms with Crippen molar-refractivity contribution in [3.05, 3.63) is 0 Å². The van der Waals surface area contributed by atoms with E-state index in [4.69, 9.17) is 0 Å². The molecule has 0 aromatic heterocycles. The Labute approximate surface area is 189 Å². The van der Waals surface area contributed by atoms with E-state index >= 15 is 0 Å². The zero-order valence-electron chi connectivity index (χ0n) is 19.5. The predicted molar refractivity (Wildman–Crippen MR) is 105 cm³/mol. The highest BCUT2D eigenvalue weighted by molar-refractivity contribution is 7.86. The van der Waals surface area contributed by atoms with Crippen LogP contribution in [-0.4, -0.2) is 55.9 Å². The van der Waals surface area contributed by atoms with Gasteiger partial charge in [0.25, 0.3) is 0 Å². The quantitative estimate of drug-likeness (QED) is 0.288. The number of quaternary nitrogens is 1. The predicted octanol–water partition coefficient (Wildman–Crippen LogP) is 4.97. The normalized spacial score (nSPS) is 14.3. The van der Waals surface area contributed by atoms with Crippen LogP contribution in [0.15, 0.2) is 0 Å². The molecule has 33 heavy (non-hydrogen) atoms. The van der Waals surface area contributed by atoms with Gasteiger partial charge >= 0.3 is 23.3 Å². The van der Waals surface area contributed by atoms with Gasteiger partial charge in [-0.2, -0.15) is 39.5 Å². The third kappa shape index (κ3) is 10.6. The van der Waals surface area contributed by atoms with Gasteiger partial charge in [-0.05, 0) is 37.0 Å². The lowest BCUT2D eigenvalue weighted by Gasteiger charge is -2.34. The Morgan fingerprint density at radius 3 is 1.09 bits per heavy atom. The van der Waals surface area contributed by atoms with Crippen LogP contribution in [-0.2, 0) is 10.1 Å². The molecular formula is C19H34F9NO3S. The SMILES string of the molecule is CC(C)CC[NH+](CCC(C)C)CCC(C)C.O=S(=O)([O-])C(F)(F)C(F)(F)C(F)(F)C(F)(F)F. The molecule has 0 aromatic rings. The molecule has 0 rings (SSSR count). The van der Waals surface area contributed by atoms with Crippen molar-refractivity contribution in [2.24, 2.45) is 17.8 Å². The van der Waals surface area contributed by atoms with Crippen LogP contribution in [0.1, 0.15) is 60.8 Å². The lowest BCUT2D eigenvalue weighted by Crippen LogP contribution is -3.12. The highest BCUT2D eigenvalue weighted by Gasteiger charge is 2.83. The molecule has 14 heteroatoms. The number of alkyl halides is 9. The largest absolute Gasteiger partial charge is 0.743 e. The maximum atomic E-state index is 12.2. The van der Waals surface area contributed by atoms with Crippen molar-refractivity contribution in [2.45, 2.75) is 84.1 Å². The summed E-state index contributed by atoms with van der Waals surface area (Å²) in [4.78, 5) is 1.83. The van der Waals surface area contributed by atoms with Crippen LogP contribution in [0.25, 0.3) is 0 Å². The Bertz CT molecular complexity index is 635. The van der Waals surface area contributed by atoms with Gasteiger partial charge in [-0.1, -0.05) is 41.5 Å². The smallest absolute Gasteiger partial charge is 0.460 e. The van der Waals surface area contributed by atoms with Gasteiger partial charge < -0.3 is 9.45 Å². The Kier molecular flexibility index (Phi) is 13.3. The monoisotopic (exact) mass is 527 g/mol. The van der Waals surface area contributed by atoms with E-state index in [-0.39, 0.29) is 0 Å². The van der Waals surface area contributed by atoms with Crippen molar-refractivity contribution < 1.29 is 57.4 Å². The third-order valence-electron chi connectivity index (χ3n) is 4.66. The van der Waals surface area contributed by atoms with Gasteiger partial charge in [0, 0.05) is 0 Å². The zero-order chi connectivity index (χ0) is 27.1. The van der Waals surface area contributed by atoms with E-state index in [0.717, 1.165) is 17.8 Å². The zero-order valence-corrected chi connectivity index (χ0v) is 20.3. The van der Waals surface area contributed by atoms with E-state index in [0.29, 0.717) is 0 Å². The van der Waals surface area contributed by atoms with Crippen molar-refractivity contribution >= 4 is 10.1 Å². The first-order valence-electron chi connectivity index (χ1n) is 10.4. The minimum Gasteiger partial charge on any atom is -0.743 e. The summed E-state index contributed by atoms with van der Waals surface area (Å²) < 4.78 is 135. The summed E-state index contributed by atoms with van der Waals surface area (Å²) in [5, 5.41) is -7.11. The second kappa shape index (κ2) is 12.8. The first-order chi connectivity index (χ1) is 14.4. The Morgan fingerprint density at radius 1 is 0.636 bits per heavy atom. The van der Waals surface area contributed by atoms with Gasteiger partial charge in [-0.3, -0.25) is 0 Å². The van der Waals surface area contributed by atoms with E-state index in [1.54, 1.807) is 0 Å². The molecular weight excluding hydrogens is 493 g/mol. The van der Waals surface area contributed by atoms with Crippen LogP contribution < -0.4 is 4.90 Å². The highest BCUT2D eigenvalue weighted by Crippen LogP contribution is 2.54. The van der Waals surface area contributed by atoms with Crippen molar-refractivity contribution in [3.63, 3.8) is 0 Å². The number of halogens is 9. The minimum atomic E-state index is -7.43. The lowest BCUT2D eigenvalue weighted by atomic mass is 10.1. The van der Waals surface area contributed by atoms with Crippen LogP contribution in [0.3, 0.4) is 0 Å². The van der Waals surface area contributed by atoms with Crippen LogP contribution in [0.2, 0.25) is 0 Å². The summed E-state index contributed by atoms with van der Waals surface area (Å²) >= 11 is 0.